The third-order valence-electron chi connectivity index (χ3n) is 5.28. The number of benzene rings is 1. The number of esters is 1. The summed E-state index contributed by atoms with van der Waals surface area (Å²) in [6.45, 7) is 4.26. The van der Waals surface area contributed by atoms with Crippen LogP contribution in [0.5, 0.6) is 0 Å². The Hall–Kier alpha value is -2.18. The number of carbonyl (C=O) groups is 2. The van der Waals surface area contributed by atoms with E-state index in [9.17, 15) is 9.59 Å². The van der Waals surface area contributed by atoms with Gasteiger partial charge in [-0.3, -0.25) is 4.79 Å². The summed E-state index contributed by atoms with van der Waals surface area (Å²) in [5.74, 6) is -0.453. The molecule has 6 heteroatoms. The van der Waals surface area contributed by atoms with Gasteiger partial charge in [-0.05, 0) is 61.6 Å². The molecule has 0 spiro atoms. The molecule has 1 aliphatic carbocycles. The van der Waals surface area contributed by atoms with Crippen molar-refractivity contribution in [2.45, 2.75) is 52.4 Å². The van der Waals surface area contributed by atoms with Crippen molar-refractivity contribution in [3.05, 3.63) is 50.7 Å². The predicted molar refractivity (Wildman–Crippen MR) is 121 cm³/mol. The standard InChI is InChI=1S/C23H25NO3S2/c1-3-9-15-14-10-5-7-12-17(14)28-20(15)21(25)24-22-19(23(26)27-4-2)16-11-6-8-13-18(16)29-22/h5,7,10,12H,3-4,6,8-9,11,13H2,1-2H3,(H,24,25). The molecule has 0 saturated carbocycles. The molecular formula is C23H25NO3S2. The van der Waals surface area contributed by atoms with E-state index >= 15 is 0 Å². The van der Waals surface area contributed by atoms with Crippen LogP contribution < -0.4 is 5.32 Å². The summed E-state index contributed by atoms with van der Waals surface area (Å²) in [5.41, 5.74) is 2.74. The number of nitrogens with one attached hydrogen (secondary N) is 1. The van der Waals surface area contributed by atoms with Crippen LogP contribution in [0, 0.1) is 0 Å². The first-order chi connectivity index (χ1) is 14.1. The third kappa shape index (κ3) is 3.83. The van der Waals surface area contributed by atoms with Crippen molar-refractivity contribution in [2.24, 2.45) is 0 Å². The number of carbonyl (C=O) groups excluding carboxylic acids is 2. The van der Waals surface area contributed by atoms with Gasteiger partial charge < -0.3 is 10.1 Å². The molecule has 29 heavy (non-hydrogen) atoms. The molecule has 0 atom stereocenters. The molecule has 152 valence electrons. The van der Waals surface area contributed by atoms with E-state index in [1.807, 2.05) is 19.1 Å². The summed E-state index contributed by atoms with van der Waals surface area (Å²) >= 11 is 3.06. The summed E-state index contributed by atoms with van der Waals surface area (Å²) in [5, 5.41) is 4.86. The molecule has 0 radical (unpaired) electrons. The van der Waals surface area contributed by atoms with Gasteiger partial charge in [-0.25, -0.2) is 4.79 Å². The summed E-state index contributed by atoms with van der Waals surface area (Å²) in [6, 6.07) is 8.16. The number of fused-ring (bicyclic) bond motifs is 2. The lowest BCUT2D eigenvalue weighted by atomic mass is 9.95. The van der Waals surface area contributed by atoms with Gasteiger partial charge in [-0.2, -0.15) is 0 Å². The minimum Gasteiger partial charge on any atom is -0.462 e. The molecule has 0 saturated heterocycles. The first-order valence-electron chi connectivity index (χ1n) is 10.3. The number of thiophene rings is 2. The first kappa shape index (κ1) is 20.1. The van der Waals surface area contributed by atoms with Gasteiger partial charge in [0, 0.05) is 9.58 Å². The molecular weight excluding hydrogens is 402 g/mol. The largest absolute Gasteiger partial charge is 0.462 e. The van der Waals surface area contributed by atoms with E-state index in [-0.39, 0.29) is 11.9 Å². The topological polar surface area (TPSA) is 55.4 Å². The van der Waals surface area contributed by atoms with Crippen LogP contribution in [0.1, 0.15) is 69.1 Å². The number of hydrogen-bond donors (Lipinski definition) is 1. The zero-order chi connectivity index (χ0) is 20.4. The maximum Gasteiger partial charge on any atom is 0.341 e. The molecule has 4 rings (SSSR count). The van der Waals surface area contributed by atoms with Crippen LogP contribution in [-0.4, -0.2) is 18.5 Å². The fourth-order valence-electron chi connectivity index (χ4n) is 4.01. The highest BCUT2D eigenvalue weighted by Gasteiger charge is 2.28. The number of ether oxygens (including phenoxy) is 1. The molecule has 2 heterocycles. The molecule has 2 aromatic heterocycles. The Kier molecular flexibility index (Phi) is 6.01. The minimum absolute atomic E-state index is 0.126. The summed E-state index contributed by atoms with van der Waals surface area (Å²) in [6.07, 6.45) is 5.87. The van der Waals surface area contributed by atoms with Crippen LogP contribution in [0.3, 0.4) is 0 Å². The quantitative estimate of drug-likeness (QED) is 0.475. The van der Waals surface area contributed by atoms with Gasteiger partial charge in [-0.1, -0.05) is 31.5 Å². The Morgan fingerprint density at radius 2 is 1.90 bits per heavy atom. The number of amides is 1. The molecule has 3 aromatic rings. The van der Waals surface area contributed by atoms with Gasteiger partial charge >= 0.3 is 5.97 Å². The molecule has 0 aliphatic heterocycles. The fourth-order valence-corrected chi connectivity index (χ4v) is 6.43. The van der Waals surface area contributed by atoms with Crippen molar-refractivity contribution in [3.63, 3.8) is 0 Å². The summed E-state index contributed by atoms with van der Waals surface area (Å²) < 4.78 is 6.43. The number of hydrogen-bond acceptors (Lipinski definition) is 5. The number of aryl methyl sites for hydroxylation is 2. The van der Waals surface area contributed by atoms with Crippen molar-refractivity contribution in [1.82, 2.24) is 0 Å². The lowest BCUT2D eigenvalue weighted by Crippen LogP contribution is -2.16. The maximum atomic E-state index is 13.3. The molecule has 0 fully saturated rings. The molecule has 1 amide bonds. The van der Waals surface area contributed by atoms with Gasteiger partial charge in [0.15, 0.2) is 0 Å². The second-order valence-corrected chi connectivity index (χ2v) is 9.40. The normalized spacial score (nSPS) is 13.3. The van der Waals surface area contributed by atoms with Crippen molar-refractivity contribution < 1.29 is 14.3 Å². The molecule has 1 N–H and O–H groups in total. The highest BCUT2D eigenvalue weighted by molar-refractivity contribution is 7.21. The Morgan fingerprint density at radius 3 is 2.69 bits per heavy atom. The number of anilines is 1. The van der Waals surface area contributed by atoms with Crippen LogP contribution in [0.2, 0.25) is 0 Å². The Morgan fingerprint density at radius 1 is 1.10 bits per heavy atom. The molecule has 0 unspecified atom stereocenters. The maximum absolute atomic E-state index is 13.3. The Balaban J connectivity index is 1.72. The monoisotopic (exact) mass is 427 g/mol. The average Bonchev–Trinajstić information content (AvgIpc) is 3.27. The van der Waals surface area contributed by atoms with E-state index in [1.54, 1.807) is 0 Å². The zero-order valence-electron chi connectivity index (χ0n) is 16.8. The van der Waals surface area contributed by atoms with Gasteiger partial charge in [0.1, 0.15) is 5.00 Å². The van der Waals surface area contributed by atoms with Crippen LogP contribution in [0.15, 0.2) is 24.3 Å². The van der Waals surface area contributed by atoms with Gasteiger partial charge in [-0.15, -0.1) is 22.7 Å². The Labute approximate surface area is 178 Å². The van der Waals surface area contributed by atoms with Crippen LogP contribution >= 0.6 is 22.7 Å². The molecule has 1 aliphatic rings. The second-order valence-electron chi connectivity index (χ2n) is 7.25. The van der Waals surface area contributed by atoms with E-state index in [4.69, 9.17) is 4.74 Å². The Bertz CT molecular complexity index is 1060. The van der Waals surface area contributed by atoms with Gasteiger partial charge in [0.25, 0.3) is 5.91 Å². The van der Waals surface area contributed by atoms with Crippen LogP contribution in [0.25, 0.3) is 10.1 Å². The lowest BCUT2D eigenvalue weighted by Gasteiger charge is -2.12. The summed E-state index contributed by atoms with van der Waals surface area (Å²) in [7, 11) is 0. The van der Waals surface area contributed by atoms with E-state index in [1.165, 1.54) is 27.6 Å². The average molecular weight is 428 g/mol. The predicted octanol–water partition coefficient (Wildman–Crippen LogP) is 6.22. The van der Waals surface area contributed by atoms with Gasteiger partial charge in [0.05, 0.1) is 17.0 Å². The second kappa shape index (κ2) is 8.67. The highest BCUT2D eigenvalue weighted by atomic mass is 32.1. The molecule has 4 nitrogen and oxygen atoms in total. The van der Waals surface area contributed by atoms with E-state index in [0.29, 0.717) is 17.2 Å². The van der Waals surface area contributed by atoms with E-state index in [2.05, 4.69) is 24.4 Å². The fraction of sp³-hybridized carbons (Fsp3) is 0.391. The lowest BCUT2D eigenvalue weighted by molar-refractivity contribution is 0.0526. The molecule has 1 aromatic carbocycles. The summed E-state index contributed by atoms with van der Waals surface area (Å²) in [4.78, 5) is 27.9. The van der Waals surface area contributed by atoms with Crippen molar-refractivity contribution in [3.8, 4) is 0 Å². The zero-order valence-corrected chi connectivity index (χ0v) is 18.4. The highest BCUT2D eigenvalue weighted by Crippen LogP contribution is 2.40. The first-order valence-corrected chi connectivity index (χ1v) is 11.9. The SMILES string of the molecule is CCCc1c(C(=O)Nc2sc3c(c2C(=O)OCC)CCCC3)sc2ccccc12. The van der Waals surface area contributed by atoms with Crippen molar-refractivity contribution in [2.75, 3.05) is 11.9 Å². The van der Waals surface area contributed by atoms with E-state index < -0.39 is 0 Å². The smallest absolute Gasteiger partial charge is 0.341 e. The molecule has 0 bridgehead atoms. The third-order valence-corrected chi connectivity index (χ3v) is 7.70. The van der Waals surface area contributed by atoms with Crippen molar-refractivity contribution in [1.29, 1.82) is 0 Å². The van der Waals surface area contributed by atoms with E-state index in [0.717, 1.165) is 64.6 Å². The minimum atomic E-state index is -0.327. The van der Waals surface area contributed by atoms with Gasteiger partial charge in [0.2, 0.25) is 0 Å². The van der Waals surface area contributed by atoms with Crippen LogP contribution in [-0.2, 0) is 24.0 Å². The van der Waals surface area contributed by atoms with Crippen molar-refractivity contribution >= 4 is 49.6 Å². The van der Waals surface area contributed by atoms with Crippen LogP contribution in [0.4, 0.5) is 5.00 Å². The number of rotatable bonds is 6.